The summed E-state index contributed by atoms with van der Waals surface area (Å²) in [5.74, 6) is 0.530. The summed E-state index contributed by atoms with van der Waals surface area (Å²) in [5, 5.41) is 0. The minimum atomic E-state index is 0.530. The Morgan fingerprint density at radius 3 is 2.60 bits per heavy atom. The Morgan fingerprint density at radius 1 is 2.00 bits per heavy atom. The van der Waals surface area contributed by atoms with Gasteiger partial charge in [0.2, 0.25) is 0 Å². The van der Waals surface area contributed by atoms with E-state index in [4.69, 9.17) is 1.37 Å². The molecule has 0 aromatic carbocycles. The summed E-state index contributed by atoms with van der Waals surface area (Å²) >= 11 is 0. The normalized spacial score (nSPS) is 13.8. The molecule has 0 unspecified atom stereocenters. The fourth-order valence-electron chi connectivity index (χ4n) is 0. The summed E-state index contributed by atoms with van der Waals surface area (Å²) in [6, 6.07) is 0. The van der Waals surface area contributed by atoms with Gasteiger partial charge in [0, 0.05) is 0 Å². The van der Waals surface area contributed by atoms with E-state index in [9.17, 15) is 0 Å². The third kappa shape index (κ3) is 3.74. The lowest BCUT2D eigenvalue weighted by atomic mass is 10.2. The summed E-state index contributed by atoms with van der Waals surface area (Å²) in [4.78, 5) is 0. The van der Waals surface area contributed by atoms with Gasteiger partial charge in [0.1, 0.15) is 0 Å². The number of rotatable bonds is 1. The summed E-state index contributed by atoms with van der Waals surface area (Å²) < 4.78 is 6.55. The maximum Gasteiger partial charge on any atom is 0.0535 e. The second-order valence-electron chi connectivity index (χ2n) is 1.44. The van der Waals surface area contributed by atoms with Gasteiger partial charge in [-0.1, -0.05) is 19.9 Å². The maximum absolute atomic E-state index is 6.55. The van der Waals surface area contributed by atoms with Crippen molar-refractivity contribution in [3.05, 3.63) is 12.6 Å². The summed E-state index contributed by atoms with van der Waals surface area (Å²) in [6.45, 7) is 5.42. The molecule has 0 radical (unpaired) electrons. The SMILES string of the molecule is [2H]C=CC(C)C. The first-order chi connectivity index (χ1) is 2.77. The van der Waals surface area contributed by atoms with Crippen LogP contribution in [0.25, 0.3) is 0 Å². The monoisotopic (exact) mass is 71.1 g/mol. The molecule has 0 nitrogen and oxygen atoms in total. The topological polar surface area (TPSA) is 0 Å². The zero-order valence-electron chi connectivity index (χ0n) is 4.73. The smallest absolute Gasteiger partial charge is 0.0535 e. The van der Waals surface area contributed by atoms with Crippen molar-refractivity contribution in [2.24, 2.45) is 5.92 Å². The standard InChI is InChI=1S/C5H10/c1-4-5(2)3/h4-5H,1H2,2-3H3/i1D. The quantitative estimate of drug-likeness (QED) is 0.414. The lowest BCUT2D eigenvalue weighted by Crippen LogP contribution is -1.71. The predicted molar refractivity (Wildman–Crippen MR) is 25.0 cm³/mol. The molecule has 0 aromatic rings. The third-order valence-electron chi connectivity index (χ3n) is 0.385. The van der Waals surface area contributed by atoms with Gasteiger partial charge in [-0.05, 0) is 5.92 Å². The van der Waals surface area contributed by atoms with E-state index in [1.165, 1.54) is 6.55 Å². The molecule has 0 rings (SSSR count). The second-order valence-corrected chi connectivity index (χ2v) is 1.44. The molecule has 30 valence electrons. The molecular formula is C5H10. The average Bonchev–Trinajstić information content (AvgIpc) is 1.35. The van der Waals surface area contributed by atoms with E-state index in [1.54, 1.807) is 0 Å². The van der Waals surface area contributed by atoms with Crippen LogP contribution in [-0.4, -0.2) is 0 Å². The van der Waals surface area contributed by atoms with Crippen LogP contribution >= 0.6 is 0 Å². The van der Waals surface area contributed by atoms with Gasteiger partial charge in [0.15, 0.2) is 0 Å². The molecule has 0 fully saturated rings. The van der Waals surface area contributed by atoms with Crippen molar-refractivity contribution in [3.63, 3.8) is 0 Å². The van der Waals surface area contributed by atoms with Crippen molar-refractivity contribution < 1.29 is 1.37 Å². The van der Waals surface area contributed by atoms with Crippen LogP contribution in [0.5, 0.6) is 0 Å². The molecule has 0 aromatic heterocycles. The van der Waals surface area contributed by atoms with Crippen LogP contribution in [0.3, 0.4) is 0 Å². The van der Waals surface area contributed by atoms with Crippen molar-refractivity contribution in [1.29, 1.82) is 0 Å². The molecule has 0 saturated carbocycles. The summed E-state index contributed by atoms with van der Waals surface area (Å²) in [6.07, 6.45) is 1.83. The molecular weight excluding hydrogens is 60.1 g/mol. The van der Waals surface area contributed by atoms with Crippen molar-refractivity contribution in [2.75, 3.05) is 0 Å². The van der Waals surface area contributed by atoms with Crippen molar-refractivity contribution in [3.8, 4) is 0 Å². The zero-order chi connectivity index (χ0) is 4.99. The maximum atomic E-state index is 6.55. The number of allylic oxidation sites excluding steroid dienone is 1. The van der Waals surface area contributed by atoms with Crippen molar-refractivity contribution in [1.82, 2.24) is 0 Å². The Morgan fingerprint density at radius 2 is 2.60 bits per heavy atom. The van der Waals surface area contributed by atoms with Crippen LogP contribution in [0, 0.1) is 5.92 Å². The molecule has 0 N–H and O–H groups in total. The van der Waals surface area contributed by atoms with Crippen LogP contribution in [0.4, 0.5) is 0 Å². The van der Waals surface area contributed by atoms with E-state index in [-0.39, 0.29) is 0 Å². The van der Waals surface area contributed by atoms with E-state index in [2.05, 4.69) is 0 Å². The van der Waals surface area contributed by atoms with Gasteiger partial charge >= 0.3 is 0 Å². The molecule has 0 aliphatic rings. The lowest BCUT2D eigenvalue weighted by molar-refractivity contribution is 0.835. The van der Waals surface area contributed by atoms with Gasteiger partial charge in [-0.15, -0.1) is 6.55 Å². The van der Waals surface area contributed by atoms with Crippen molar-refractivity contribution in [2.45, 2.75) is 13.8 Å². The van der Waals surface area contributed by atoms with Gasteiger partial charge in [-0.25, -0.2) is 0 Å². The highest BCUT2D eigenvalue weighted by atomic mass is 13.8. The molecule has 0 aliphatic carbocycles. The Balaban J connectivity index is 3.03. The van der Waals surface area contributed by atoms with Crippen LogP contribution < -0.4 is 0 Å². The second kappa shape index (κ2) is 2.01. The average molecular weight is 71.1 g/mol. The minimum absolute atomic E-state index is 0.530. The summed E-state index contributed by atoms with van der Waals surface area (Å²) in [7, 11) is 0. The first-order valence-electron chi connectivity index (χ1n) is 2.40. The van der Waals surface area contributed by atoms with Crippen molar-refractivity contribution >= 4 is 0 Å². The number of hydrogen-bond acceptors (Lipinski definition) is 0. The van der Waals surface area contributed by atoms with E-state index in [1.807, 2.05) is 19.9 Å². The minimum Gasteiger partial charge on any atom is -0.103 e. The van der Waals surface area contributed by atoms with E-state index in [0.717, 1.165) is 0 Å². The van der Waals surface area contributed by atoms with Crippen LogP contribution in [0.2, 0.25) is 0 Å². The lowest BCUT2D eigenvalue weighted by Gasteiger charge is -1.84. The fraction of sp³-hybridized carbons (Fsp3) is 0.600. The Bertz CT molecular complexity index is 45.9. The third-order valence-corrected chi connectivity index (χ3v) is 0.385. The zero-order valence-corrected chi connectivity index (χ0v) is 3.73. The molecule has 0 saturated heterocycles. The van der Waals surface area contributed by atoms with Gasteiger partial charge in [-0.3, -0.25) is 0 Å². The van der Waals surface area contributed by atoms with E-state index >= 15 is 0 Å². The molecule has 0 heterocycles. The Hall–Kier alpha value is -0.260. The van der Waals surface area contributed by atoms with Crippen LogP contribution in [-0.2, 0) is 0 Å². The van der Waals surface area contributed by atoms with Gasteiger partial charge < -0.3 is 0 Å². The molecule has 0 atom stereocenters. The first kappa shape index (κ1) is 2.95. The van der Waals surface area contributed by atoms with Gasteiger partial charge in [0.05, 0.1) is 1.37 Å². The highest BCUT2D eigenvalue weighted by Crippen LogP contribution is 1.87. The molecule has 0 aliphatic heterocycles. The summed E-state index contributed by atoms with van der Waals surface area (Å²) in [5.41, 5.74) is 0. The highest BCUT2D eigenvalue weighted by Gasteiger charge is 1.73. The van der Waals surface area contributed by atoms with Crippen LogP contribution in [0.1, 0.15) is 15.2 Å². The Kier molecular flexibility index (Phi) is 1.18. The molecule has 5 heavy (non-hydrogen) atoms. The molecule has 0 spiro atoms. The van der Waals surface area contributed by atoms with E-state index in [0.29, 0.717) is 5.92 Å². The number of hydrogen-bond donors (Lipinski definition) is 0. The van der Waals surface area contributed by atoms with E-state index < -0.39 is 0 Å². The molecule has 0 heteroatoms. The Labute approximate surface area is 34.9 Å². The van der Waals surface area contributed by atoms with Gasteiger partial charge in [0.25, 0.3) is 0 Å². The molecule has 0 amide bonds. The largest absolute Gasteiger partial charge is 0.103 e. The fourth-order valence-corrected chi connectivity index (χ4v) is 0. The first-order valence-corrected chi connectivity index (χ1v) is 1.82. The molecule has 0 bridgehead atoms. The van der Waals surface area contributed by atoms with Crippen LogP contribution in [0.15, 0.2) is 12.6 Å². The highest BCUT2D eigenvalue weighted by molar-refractivity contribution is 4.69. The predicted octanol–water partition coefficient (Wildman–Crippen LogP) is 1.83. The van der Waals surface area contributed by atoms with Gasteiger partial charge in [-0.2, -0.15) is 0 Å².